The molecule has 2 aliphatic rings. The van der Waals surface area contributed by atoms with Crippen LogP contribution in [-0.2, 0) is 32.5 Å². The highest BCUT2D eigenvalue weighted by atomic mass is 32.1. The van der Waals surface area contributed by atoms with Crippen molar-refractivity contribution in [2.75, 3.05) is 9.80 Å². The van der Waals surface area contributed by atoms with E-state index in [9.17, 15) is 0 Å². The Kier molecular flexibility index (Phi) is 11.3. The summed E-state index contributed by atoms with van der Waals surface area (Å²) in [6, 6.07) is 47.2. The highest BCUT2D eigenvalue weighted by Gasteiger charge is 2.46. The topological polar surface area (TPSA) is 19.4 Å². The van der Waals surface area contributed by atoms with Crippen molar-refractivity contribution in [1.82, 2.24) is 4.98 Å². The zero-order chi connectivity index (χ0) is 49.3. The third kappa shape index (κ3) is 8.67. The monoisotopic (exact) mass is 916 g/mol. The van der Waals surface area contributed by atoms with Gasteiger partial charge in [-0.1, -0.05) is 215 Å². The number of hydrogen-bond donors (Lipinski definition) is 0. The van der Waals surface area contributed by atoms with E-state index in [2.05, 4.69) is 256 Å². The van der Waals surface area contributed by atoms with Gasteiger partial charge < -0.3 is 9.80 Å². The van der Waals surface area contributed by atoms with E-state index in [-0.39, 0.29) is 39.2 Å². The van der Waals surface area contributed by atoms with Crippen molar-refractivity contribution >= 4 is 68.0 Å². The Hall–Kier alpha value is -5.39. The van der Waals surface area contributed by atoms with E-state index in [1.807, 2.05) is 11.3 Å². The molecule has 0 saturated carbocycles. The van der Waals surface area contributed by atoms with Gasteiger partial charge in [-0.2, -0.15) is 0 Å². The SMILES string of the molecule is CC(C)(C)c1ccc(-c2ccc(-c3nc4c(s3)N(c3cc(C(C)(C)C)cc(C(C)(C)C)c3)c3cccc5c3B4c3cc(C(C)(C)C)ccc3N5c3cc(C(C)(C)C)cc(C(C)(C)C)c3)cc2)cc1. The lowest BCUT2D eigenvalue weighted by Crippen LogP contribution is -2.61. The summed E-state index contributed by atoms with van der Waals surface area (Å²) in [5.41, 5.74) is 21.3. The number of nitrogens with zero attached hydrogens (tertiary/aromatic N) is 3. The fourth-order valence-electron chi connectivity index (χ4n) is 9.87. The fourth-order valence-corrected chi connectivity index (χ4v) is 11.0. The number of thiazole rings is 1. The Labute approximate surface area is 414 Å². The first-order valence-corrected chi connectivity index (χ1v) is 25.7. The summed E-state index contributed by atoms with van der Waals surface area (Å²) in [5, 5.41) is 2.23. The van der Waals surface area contributed by atoms with E-state index < -0.39 is 0 Å². The first kappa shape index (κ1) is 47.7. The number of benzene rings is 6. The minimum atomic E-state index is -0.0765. The van der Waals surface area contributed by atoms with Crippen molar-refractivity contribution in [1.29, 1.82) is 0 Å². The van der Waals surface area contributed by atoms with E-state index in [0.717, 1.165) is 16.2 Å². The third-order valence-corrected chi connectivity index (χ3v) is 15.5. The molecule has 0 aliphatic carbocycles. The lowest BCUT2D eigenvalue weighted by atomic mass is 9.35. The molecule has 9 rings (SSSR count). The van der Waals surface area contributed by atoms with Crippen molar-refractivity contribution in [2.24, 2.45) is 0 Å². The van der Waals surface area contributed by atoms with Crippen LogP contribution in [0.2, 0.25) is 0 Å². The highest BCUT2D eigenvalue weighted by molar-refractivity contribution is 7.22. The number of anilines is 6. The van der Waals surface area contributed by atoms with E-state index in [4.69, 9.17) is 4.98 Å². The quantitative estimate of drug-likeness (QED) is 0.164. The Bertz CT molecular complexity index is 2990. The van der Waals surface area contributed by atoms with Gasteiger partial charge in [0.2, 0.25) is 0 Å². The molecule has 6 aromatic carbocycles. The average Bonchev–Trinajstić information content (AvgIpc) is 3.69. The molecule has 2 aliphatic heterocycles. The van der Waals surface area contributed by atoms with Gasteiger partial charge in [0.15, 0.2) is 0 Å². The van der Waals surface area contributed by atoms with Gasteiger partial charge in [-0.15, -0.1) is 0 Å². The van der Waals surface area contributed by atoms with Gasteiger partial charge in [-0.3, -0.25) is 0 Å². The Morgan fingerprint density at radius 2 is 0.779 bits per heavy atom. The van der Waals surface area contributed by atoms with Crippen LogP contribution in [0, 0.1) is 0 Å². The molecule has 3 nitrogen and oxygen atoms in total. The van der Waals surface area contributed by atoms with Crippen molar-refractivity contribution in [3.63, 3.8) is 0 Å². The summed E-state index contributed by atoms with van der Waals surface area (Å²) >= 11 is 1.83. The van der Waals surface area contributed by atoms with Crippen molar-refractivity contribution in [3.05, 3.63) is 155 Å². The summed E-state index contributed by atoms with van der Waals surface area (Å²) in [7, 11) is 0. The van der Waals surface area contributed by atoms with E-state index in [0.29, 0.717) is 0 Å². The fraction of sp³-hybridized carbons (Fsp3) is 0.381. The van der Waals surface area contributed by atoms with E-state index >= 15 is 0 Å². The van der Waals surface area contributed by atoms with Gasteiger partial charge in [0.1, 0.15) is 10.0 Å². The molecule has 3 heterocycles. The van der Waals surface area contributed by atoms with Crippen LogP contribution in [0.15, 0.2) is 121 Å². The maximum absolute atomic E-state index is 5.85. The average molecular weight is 916 g/mol. The molecule has 1 aromatic heterocycles. The van der Waals surface area contributed by atoms with Gasteiger partial charge >= 0.3 is 0 Å². The van der Waals surface area contributed by atoms with Gasteiger partial charge in [-0.25, -0.2) is 4.98 Å². The van der Waals surface area contributed by atoms with Crippen LogP contribution in [-0.4, -0.2) is 11.7 Å². The minimum Gasteiger partial charge on any atom is -0.311 e. The maximum Gasteiger partial charge on any atom is 0.276 e. The van der Waals surface area contributed by atoms with Crippen LogP contribution in [0.3, 0.4) is 0 Å². The Morgan fingerprint density at radius 1 is 0.382 bits per heavy atom. The predicted octanol–water partition coefficient (Wildman–Crippen LogP) is 16.3. The molecule has 0 bridgehead atoms. The summed E-state index contributed by atoms with van der Waals surface area (Å²) in [6.07, 6.45) is 0. The van der Waals surface area contributed by atoms with Crippen LogP contribution in [0.25, 0.3) is 21.7 Å². The van der Waals surface area contributed by atoms with Gasteiger partial charge in [0.05, 0.1) is 5.59 Å². The molecule has 0 atom stereocenters. The first-order chi connectivity index (χ1) is 31.5. The molecule has 0 saturated heterocycles. The molecule has 0 unspecified atom stereocenters. The minimum absolute atomic E-state index is 0.0377. The summed E-state index contributed by atoms with van der Waals surface area (Å²) in [6.45, 7) is 41.8. The van der Waals surface area contributed by atoms with Gasteiger partial charge in [-0.05, 0) is 130 Å². The third-order valence-electron chi connectivity index (χ3n) is 14.4. The van der Waals surface area contributed by atoms with E-state index in [1.165, 1.54) is 88.9 Å². The molecule has 350 valence electrons. The molecular formula is C63H74BN3S. The smallest absolute Gasteiger partial charge is 0.276 e. The number of hydrogen-bond acceptors (Lipinski definition) is 4. The molecule has 5 heteroatoms. The summed E-state index contributed by atoms with van der Waals surface area (Å²) < 4.78 is 0. The number of aromatic nitrogens is 1. The van der Waals surface area contributed by atoms with Crippen LogP contribution < -0.4 is 26.3 Å². The Balaban J connectivity index is 1.32. The second-order valence-corrected chi connectivity index (χ2v) is 27.0. The van der Waals surface area contributed by atoms with Crippen LogP contribution >= 0.6 is 11.3 Å². The molecule has 0 radical (unpaired) electrons. The molecule has 68 heavy (non-hydrogen) atoms. The zero-order valence-electron chi connectivity index (χ0n) is 44.4. The highest BCUT2D eigenvalue weighted by Crippen LogP contribution is 2.49. The standard InChI is InChI=1S/C63H74BN3S/c1-58(2,3)42-28-26-40(27-29-42)39-22-24-41(25-23-39)56-65-55-57(68-56)67(49-36-46(62(13,14)15)33-47(37-49)63(16,17)18)53-21-19-20-52-54(53)64(55)50-38-43(59(4,5)6)30-31-51(50)66(52)48-34-44(60(7,8)9)32-45(35-48)61(10,11)12/h19-38H,1-18H3. The molecule has 0 amide bonds. The predicted molar refractivity (Wildman–Crippen MR) is 299 cm³/mol. The summed E-state index contributed by atoms with van der Waals surface area (Å²) in [5.74, 6) is 0. The maximum atomic E-state index is 5.85. The lowest BCUT2D eigenvalue weighted by molar-refractivity contribution is 0.568. The molecule has 0 fully saturated rings. The molecule has 7 aromatic rings. The van der Waals surface area contributed by atoms with Crippen molar-refractivity contribution in [2.45, 2.75) is 157 Å². The van der Waals surface area contributed by atoms with Crippen LogP contribution in [0.1, 0.15) is 158 Å². The van der Waals surface area contributed by atoms with E-state index in [1.54, 1.807) is 0 Å². The lowest BCUT2D eigenvalue weighted by Gasteiger charge is -2.43. The summed E-state index contributed by atoms with van der Waals surface area (Å²) in [4.78, 5) is 11.0. The second kappa shape index (κ2) is 16.1. The zero-order valence-corrected chi connectivity index (χ0v) is 45.2. The largest absolute Gasteiger partial charge is 0.311 e. The normalized spacial score (nSPS) is 14.2. The van der Waals surface area contributed by atoms with Crippen LogP contribution in [0.4, 0.5) is 33.4 Å². The first-order valence-electron chi connectivity index (χ1n) is 24.9. The van der Waals surface area contributed by atoms with Crippen molar-refractivity contribution < 1.29 is 0 Å². The molecule has 0 N–H and O–H groups in total. The molecule has 0 spiro atoms. The Morgan fingerprint density at radius 3 is 1.24 bits per heavy atom. The molecular weight excluding hydrogens is 842 g/mol. The number of fused-ring (bicyclic) bond motifs is 4. The van der Waals surface area contributed by atoms with Crippen LogP contribution in [0.5, 0.6) is 0 Å². The van der Waals surface area contributed by atoms with Gasteiger partial charge in [0.25, 0.3) is 6.71 Å². The van der Waals surface area contributed by atoms with Gasteiger partial charge in [0, 0.05) is 34.0 Å². The number of rotatable bonds is 4. The van der Waals surface area contributed by atoms with Crippen molar-refractivity contribution in [3.8, 4) is 21.7 Å². The second-order valence-electron chi connectivity index (χ2n) is 26.0.